The average Bonchev–Trinajstić information content (AvgIpc) is 2.60. The molecule has 6 nitrogen and oxygen atoms in total. The zero-order valence-electron chi connectivity index (χ0n) is 14.8. The SMILES string of the molecule is CCOC(=O)N1CCC(NC(=NC)NCc2ccccc2C)CC1. The van der Waals surface area contributed by atoms with Gasteiger partial charge in [0.05, 0.1) is 6.61 Å². The lowest BCUT2D eigenvalue weighted by atomic mass is 10.1. The minimum atomic E-state index is -0.210. The van der Waals surface area contributed by atoms with E-state index in [1.807, 2.05) is 19.1 Å². The van der Waals surface area contributed by atoms with Gasteiger partial charge in [0.15, 0.2) is 5.96 Å². The number of likely N-dealkylation sites (tertiary alicyclic amines) is 1. The van der Waals surface area contributed by atoms with Crippen molar-refractivity contribution in [1.82, 2.24) is 15.5 Å². The van der Waals surface area contributed by atoms with Crippen LogP contribution in [0.25, 0.3) is 0 Å². The molecule has 0 atom stereocenters. The monoisotopic (exact) mass is 332 g/mol. The lowest BCUT2D eigenvalue weighted by Crippen LogP contribution is -2.49. The van der Waals surface area contributed by atoms with E-state index in [1.54, 1.807) is 11.9 Å². The third kappa shape index (κ3) is 5.15. The van der Waals surface area contributed by atoms with Crippen LogP contribution in [0, 0.1) is 6.92 Å². The Morgan fingerprint density at radius 3 is 2.67 bits per heavy atom. The molecule has 1 aromatic carbocycles. The maximum absolute atomic E-state index is 11.7. The number of guanidine groups is 1. The molecule has 1 aromatic rings. The second-order valence-corrected chi connectivity index (χ2v) is 5.96. The molecule has 1 aliphatic heterocycles. The van der Waals surface area contributed by atoms with Gasteiger partial charge < -0.3 is 20.3 Å². The highest BCUT2D eigenvalue weighted by Crippen LogP contribution is 2.11. The normalized spacial score (nSPS) is 16.0. The average molecular weight is 332 g/mol. The molecule has 0 bridgehead atoms. The fourth-order valence-electron chi connectivity index (χ4n) is 2.80. The summed E-state index contributed by atoms with van der Waals surface area (Å²) in [5, 5.41) is 6.81. The minimum absolute atomic E-state index is 0.210. The van der Waals surface area contributed by atoms with Gasteiger partial charge in [-0.1, -0.05) is 24.3 Å². The highest BCUT2D eigenvalue weighted by Gasteiger charge is 2.23. The van der Waals surface area contributed by atoms with Gasteiger partial charge in [0, 0.05) is 32.7 Å². The smallest absolute Gasteiger partial charge is 0.409 e. The van der Waals surface area contributed by atoms with Crippen LogP contribution in [0.1, 0.15) is 30.9 Å². The van der Waals surface area contributed by atoms with Gasteiger partial charge in [0.25, 0.3) is 0 Å². The number of hydrogen-bond acceptors (Lipinski definition) is 3. The maximum Gasteiger partial charge on any atom is 0.409 e. The van der Waals surface area contributed by atoms with Crippen molar-refractivity contribution >= 4 is 12.1 Å². The summed E-state index contributed by atoms with van der Waals surface area (Å²) in [7, 11) is 1.78. The number of nitrogens with zero attached hydrogens (tertiary/aromatic N) is 2. The summed E-state index contributed by atoms with van der Waals surface area (Å²) in [6.07, 6.45) is 1.58. The van der Waals surface area contributed by atoms with Gasteiger partial charge in [-0.2, -0.15) is 0 Å². The molecule has 24 heavy (non-hydrogen) atoms. The first kappa shape index (κ1) is 18.1. The number of rotatable bonds is 4. The van der Waals surface area contributed by atoms with E-state index in [9.17, 15) is 4.79 Å². The molecule has 1 saturated heterocycles. The number of nitrogens with one attached hydrogen (secondary N) is 2. The van der Waals surface area contributed by atoms with Crippen LogP contribution >= 0.6 is 0 Å². The van der Waals surface area contributed by atoms with Crippen LogP contribution in [0.2, 0.25) is 0 Å². The van der Waals surface area contributed by atoms with Crippen molar-refractivity contribution in [1.29, 1.82) is 0 Å². The highest BCUT2D eigenvalue weighted by molar-refractivity contribution is 5.80. The predicted molar refractivity (Wildman–Crippen MR) is 96.1 cm³/mol. The zero-order valence-corrected chi connectivity index (χ0v) is 14.8. The van der Waals surface area contributed by atoms with E-state index in [2.05, 4.69) is 34.7 Å². The Balaban J connectivity index is 1.78. The van der Waals surface area contributed by atoms with Crippen LogP contribution in [-0.2, 0) is 11.3 Å². The summed E-state index contributed by atoms with van der Waals surface area (Å²) in [5.74, 6) is 0.799. The second kappa shape index (κ2) is 9.15. The zero-order chi connectivity index (χ0) is 17.4. The van der Waals surface area contributed by atoms with Crippen molar-refractivity contribution in [2.75, 3.05) is 26.7 Å². The van der Waals surface area contributed by atoms with Gasteiger partial charge in [0.2, 0.25) is 0 Å². The Bertz CT molecular complexity index is 566. The fraction of sp³-hybridized carbons (Fsp3) is 0.556. The molecule has 0 saturated carbocycles. The number of carbonyl (C=O) groups excluding carboxylic acids is 1. The molecule has 1 aliphatic rings. The Kier molecular flexibility index (Phi) is 6.90. The molecule has 6 heteroatoms. The van der Waals surface area contributed by atoms with Crippen LogP contribution in [0.5, 0.6) is 0 Å². The first-order chi connectivity index (χ1) is 11.6. The van der Waals surface area contributed by atoms with Crippen molar-refractivity contribution in [3.8, 4) is 0 Å². The van der Waals surface area contributed by atoms with Gasteiger partial charge in [-0.25, -0.2) is 4.79 Å². The summed E-state index contributed by atoms with van der Waals surface area (Å²) in [6.45, 7) is 6.53. The topological polar surface area (TPSA) is 66.0 Å². The maximum atomic E-state index is 11.7. The third-order valence-corrected chi connectivity index (χ3v) is 4.29. The lowest BCUT2D eigenvalue weighted by molar-refractivity contribution is 0.0963. The Morgan fingerprint density at radius 1 is 1.33 bits per heavy atom. The van der Waals surface area contributed by atoms with E-state index >= 15 is 0 Å². The fourth-order valence-corrected chi connectivity index (χ4v) is 2.80. The van der Waals surface area contributed by atoms with E-state index in [1.165, 1.54) is 11.1 Å². The number of carbonyl (C=O) groups is 1. The first-order valence-electron chi connectivity index (χ1n) is 8.57. The number of ether oxygens (including phenoxy) is 1. The van der Waals surface area contributed by atoms with Crippen LogP contribution in [0.15, 0.2) is 29.3 Å². The Hall–Kier alpha value is -2.24. The quantitative estimate of drug-likeness (QED) is 0.656. The Labute approximate surface area is 144 Å². The molecular weight excluding hydrogens is 304 g/mol. The summed E-state index contributed by atoms with van der Waals surface area (Å²) >= 11 is 0. The molecular formula is C18H28N4O2. The van der Waals surface area contributed by atoms with Crippen LogP contribution in [-0.4, -0.2) is 49.7 Å². The molecule has 1 amide bonds. The van der Waals surface area contributed by atoms with E-state index < -0.39 is 0 Å². The van der Waals surface area contributed by atoms with Crippen molar-refractivity contribution in [3.63, 3.8) is 0 Å². The lowest BCUT2D eigenvalue weighted by Gasteiger charge is -2.32. The third-order valence-electron chi connectivity index (χ3n) is 4.29. The molecule has 0 aromatic heterocycles. The molecule has 132 valence electrons. The van der Waals surface area contributed by atoms with Gasteiger partial charge in [-0.15, -0.1) is 0 Å². The predicted octanol–water partition coefficient (Wildman–Crippen LogP) is 2.28. The molecule has 1 fully saturated rings. The van der Waals surface area contributed by atoms with Crippen LogP contribution in [0.4, 0.5) is 4.79 Å². The van der Waals surface area contributed by atoms with Gasteiger partial charge in [-0.3, -0.25) is 4.99 Å². The van der Waals surface area contributed by atoms with Crippen LogP contribution in [0.3, 0.4) is 0 Å². The largest absolute Gasteiger partial charge is 0.450 e. The molecule has 1 heterocycles. The van der Waals surface area contributed by atoms with E-state index in [-0.39, 0.29) is 6.09 Å². The number of benzene rings is 1. The standard InChI is InChI=1S/C18H28N4O2/c1-4-24-18(23)22-11-9-16(10-12-22)21-17(19-3)20-13-15-8-6-5-7-14(15)2/h5-8,16H,4,9-13H2,1-3H3,(H2,19,20,21). The number of piperidine rings is 1. The molecule has 2 rings (SSSR count). The van der Waals surface area contributed by atoms with Gasteiger partial charge in [0.1, 0.15) is 0 Å². The summed E-state index contributed by atoms with van der Waals surface area (Å²) in [4.78, 5) is 17.8. The van der Waals surface area contributed by atoms with Crippen LogP contribution < -0.4 is 10.6 Å². The van der Waals surface area contributed by atoms with Gasteiger partial charge >= 0.3 is 6.09 Å². The summed E-state index contributed by atoms with van der Waals surface area (Å²) in [5.41, 5.74) is 2.53. The summed E-state index contributed by atoms with van der Waals surface area (Å²) < 4.78 is 5.05. The summed E-state index contributed by atoms with van der Waals surface area (Å²) in [6, 6.07) is 8.64. The first-order valence-corrected chi connectivity index (χ1v) is 8.57. The highest BCUT2D eigenvalue weighted by atomic mass is 16.6. The molecule has 0 spiro atoms. The number of aliphatic imine (C=N–C) groups is 1. The molecule has 0 unspecified atom stereocenters. The van der Waals surface area contributed by atoms with Crippen molar-refractivity contribution in [3.05, 3.63) is 35.4 Å². The van der Waals surface area contributed by atoms with Crippen molar-refractivity contribution in [2.45, 2.75) is 39.3 Å². The van der Waals surface area contributed by atoms with E-state index in [4.69, 9.17) is 4.74 Å². The minimum Gasteiger partial charge on any atom is -0.450 e. The van der Waals surface area contributed by atoms with E-state index in [0.29, 0.717) is 25.7 Å². The Morgan fingerprint density at radius 2 is 2.04 bits per heavy atom. The van der Waals surface area contributed by atoms with Crippen molar-refractivity contribution < 1.29 is 9.53 Å². The molecule has 0 aliphatic carbocycles. The van der Waals surface area contributed by atoms with Crippen molar-refractivity contribution in [2.24, 2.45) is 4.99 Å². The molecule has 0 radical (unpaired) electrons. The number of aryl methyl sites for hydroxylation is 1. The second-order valence-electron chi connectivity index (χ2n) is 5.96. The number of hydrogen-bond donors (Lipinski definition) is 2. The molecule has 2 N–H and O–H groups in total. The van der Waals surface area contributed by atoms with E-state index in [0.717, 1.165) is 25.3 Å². The number of amides is 1. The van der Waals surface area contributed by atoms with Gasteiger partial charge in [-0.05, 0) is 37.8 Å².